The van der Waals surface area contributed by atoms with Crippen LogP contribution >= 0.6 is 0 Å². The van der Waals surface area contributed by atoms with Gasteiger partial charge < -0.3 is 10.1 Å². The van der Waals surface area contributed by atoms with Crippen molar-refractivity contribution in [3.8, 4) is 0 Å². The van der Waals surface area contributed by atoms with E-state index in [-0.39, 0.29) is 6.54 Å². The van der Waals surface area contributed by atoms with Gasteiger partial charge in [0.1, 0.15) is 5.60 Å². The molecule has 0 heterocycles. The van der Waals surface area contributed by atoms with E-state index in [9.17, 15) is 14.8 Å². The highest BCUT2D eigenvalue weighted by atomic mass is 16.6. The van der Waals surface area contributed by atoms with Crippen LogP contribution in [0.5, 0.6) is 0 Å². The van der Waals surface area contributed by atoms with Crippen molar-refractivity contribution in [2.45, 2.75) is 39.2 Å². The molecule has 0 unspecified atom stereocenters. The van der Waals surface area contributed by atoms with Crippen LogP contribution in [0.3, 0.4) is 0 Å². The number of amides is 2. The molecule has 0 aliphatic carbocycles. The Kier molecular flexibility index (Phi) is 7.98. The lowest BCUT2D eigenvalue weighted by atomic mass is 10.2. The number of unbranched alkanes of at least 4 members (excludes halogenated alkanes) is 1. The molecule has 6 heteroatoms. The molecule has 132 valence electrons. The number of carbonyl (C=O) groups excluding carboxylic acids is 2. The molecule has 0 fully saturated rings. The summed E-state index contributed by atoms with van der Waals surface area (Å²) in [4.78, 5) is 23.2. The Morgan fingerprint density at radius 1 is 1.21 bits per heavy atom. The van der Waals surface area contributed by atoms with Crippen LogP contribution in [-0.4, -0.2) is 41.0 Å². The maximum atomic E-state index is 11.7. The van der Waals surface area contributed by atoms with Crippen LogP contribution in [0.1, 0.15) is 39.2 Å². The first-order valence-corrected chi connectivity index (χ1v) is 7.98. The molecule has 0 aliphatic heterocycles. The average molecular weight is 334 g/mol. The summed E-state index contributed by atoms with van der Waals surface area (Å²) in [5.41, 5.74) is 0.365. The summed E-state index contributed by atoms with van der Waals surface area (Å²) < 4.78 is 5.10. The fourth-order valence-electron chi connectivity index (χ4n) is 1.82. The van der Waals surface area contributed by atoms with E-state index in [1.807, 2.05) is 30.3 Å². The topological polar surface area (TPSA) is 78.9 Å². The third kappa shape index (κ3) is 8.95. The number of hydroxylamine groups is 2. The van der Waals surface area contributed by atoms with Crippen LogP contribution in [0.25, 0.3) is 6.08 Å². The van der Waals surface area contributed by atoms with Crippen LogP contribution in [0.15, 0.2) is 36.4 Å². The van der Waals surface area contributed by atoms with E-state index in [1.54, 1.807) is 26.8 Å². The van der Waals surface area contributed by atoms with Gasteiger partial charge in [-0.25, -0.2) is 9.86 Å². The lowest BCUT2D eigenvalue weighted by Crippen LogP contribution is -2.33. The van der Waals surface area contributed by atoms with Gasteiger partial charge in [-0.3, -0.25) is 10.0 Å². The summed E-state index contributed by atoms with van der Waals surface area (Å²) in [6.45, 7) is 6.02. The molecule has 0 bridgehead atoms. The largest absolute Gasteiger partial charge is 0.444 e. The molecule has 0 spiro atoms. The van der Waals surface area contributed by atoms with Crippen molar-refractivity contribution in [2.75, 3.05) is 13.1 Å². The number of hydrogen-bond acceptors (Lipinski definition) is 4. The van der Waals surface area contributed by atoms with E-state index in [4.69, 9.17) is 4.74 Å². The number of ether oxygens (including phenoxy) is 1. The smallest absolute Gasteiger partial charge is 0.407 e. The highest BCUT2D eigenvalue weighted by Gasteiger charge is 2.15. The lowest BCUT2D eigenvalue weighted by molar-refractivity contribution is -0.159. The van der Waals surface area contributed by atoms with Gasteiger partial charge in [-0.1, -0.05) is 30.3 Å². The predicted molar refractivity (Wildman–Crippen MR) is 92.4 cm³/mol. The Labute approximate surface area is 143 Å². The van der Waals surface area contributed by atoms with Crippen LogP contribution in [0.2, 0.25) is 0 Å². The minimum Gasteiger partial charge on any atom is -0.444 e. The average Bonchev–Trinajstić information content (AvgIpc) is 2.51. The predicted octanol–water partition coefficient (Wildman–Crippen LogP) is 3.22. The molecule has 0 radical (unpaired) electrons. The molecule has 2 amide bonds. The van der Waals surface area contributed by atoms with Gasteiger partial charge in [0.25, 0.3) is 5.91 Å². The van der Waals surface area contributed by atoms with Gasteiger partial charge in [-0.15, -0.1) is 0 Å². The van der Waals surface area contributed by atoms with E-state index in [0.717, 1.165) is 5.56 Å². The van der Waals surface area contributed by atoms with E-state index >= 15 is 0 Å². The molecule has 0 saturated heterocycles. The molecule has 0 saturated carbocycles. The molecule has 6 nitrogen and oxygen atoms in total. The fraction of sp³-hybridized carbons (Fsp3) is 0.444. The molecule has 0 atom stereocenters. The van der Waals surface area contributed by atoms with Crippen molar-refractivity contribution in [3.63, 3.8) is 0 Å². The fourth-order valence-corrected chi connectivity index (χ4v) is 1.82. The molecule has 1 aromatic rings. The second-order valence-corrected chi connectivity index (χ2v) is 6.34. The number of benzene rings is 1. The van der Waals surface area contributed by atoms with Crippen LogP contribution in [0.4, 0.5) is 4.79 Å². The highest BCUT2D eigenvalue weighted by Crippen LogP contribution is 2.06. The Morgan fingerprint density at radius 3 is 2.50 bits per heavy atom. The summed E-state index contributed by atoms with van der Waals surface area (Å²) in [6.07, 6.45) is 3.71. The van der Waals surface area contributed by atoms with Gasteiger partial charge in [-0.2, -0.15) is 0 Å². The second kappa shape index (κ2) is 9.72. The van der Waals surface area contributed by atoms with Crippen molar-refractivity contribution in [2.24, 2.45) is 0 Å². The standard InChI is InChI=1S/C18H26N2O4/c1-18(2,3)24-17(22)19-13-7-8-14-20(23)16(21)12-11-15-9-5-4-6-10-15/h4-6,9-12,23H,7-8,13-14H2,1-3H3,(H,19,22)/b12-11+. The summed E-state index contributed by atoms with van der Waals surface area (Å²) in [5.74, 6) is -0.473. The van der Waals surface area contributed by atoms with Crippen LogP contribution in [0, 0.1) is 0 Å². The van der Waals surface area contributed by atoms with Crippen molar-refractivity contribution >= 4 is 18.1 Å². The SMILES string of the molecule is CC(C)(C)OC(=O)NCCCCN(O)C(=O)/C=C/c1ccccc1. The summed E-state index contributed by atoms with van der Waals surface area (Å²) in [5, 5.41) is 13.0. The van der Waals surface area contributed by atoms with E-state index in [2.05, 4.69) is 5.32 Å². The number of nitrogens with one attached hydrogen (secondary N) is 1. The zero-order valence-corrected chi connectivity index (χ0v) is 14.5. The maximum Gasteiger partial charge on any atom is 0.407 e. The van der Waals surface area contributed by atoms with Gasteiger partial charge in [0, 0.05) is 19.2 Å². The van der Waals surface area contributed by atoms with Gasteiger partial charge in [-0.05, 0) is 45.3 Å². The number of carbonyl (C=O) groups is 2. The Bertz CT molecular complexity index is 550. The minimum absolute atomic E-state index is 0.202. The third-order valence-corrected chi connectivity index (χ3v) is 2.94. The van der Waals surface area contributed by atoms with Crippen LogP contribution < -0.4 is 5.32 Å². The summed E-state index contributed by atoms with van der Waals surface area (Å²) in [6, 6.07) is 9.38. The lowest BCUT2D eigenvalue weighted by Gasteiger charge is -2.19. The third-order valence-electron chi connectivity index (χ3n) is 2.94. The van der Waals surface area contributed by atoms with E-state index in [0.29, 0.717) is 24.4 Å². The molecule has 2 N–H and O–H groups in total. The number of nitrogens with zero attached hydrogens (tertiary/aromatic N) is 1. The summed E-state index contributed by atoms with van der Waals surface area (Å²) in [7, 11) is 0. The minimum atomic E-state index is -0.524. The van der Waals surface area contributed by atoms with Gasteiger partial charge in [0.15, 0.2) is 0 Å². The number of alkyl carbamates (subject to hydrolysis) is 1. The van der Waals surface area contributed by atoms with Crippen molar-refractivity contribution < 1.29 is 19.5 Å². The molecule has 1 rings (SSSR count). The highest BCUT2D eigenvalue weighted by molar-refractivity contribution is 5.90. The van der Waals surface area contributed by atoms with E-state index in [1.165, 1.54) is 6.08 Å². The van der Waals surface area contributed by atoms with Gasteiger partial charge in [0.2, 0.25) is 0 Å². The monoisotopic (exact) mass is 334 g/mol. The molecular formula is C18H26N2O4. The first-order chi connectivity index (χ1) is 11.3. The van der Waals surface area contributed by atoms with Crippen molar-refractivity contribution in [1.29, 1.82) is 0 Å². The molecule has 0 aliphatic rings. The molecular weight excluding hydrogens is 308 g/mol. The second-order valence-electron chi connectivity index (χ2n) is 6.34. The van der Waals surface area contributed by atoms with Crippen LogP contribution in [-0.2, 0) is 9.53 Å². The Hall–Kier alpha value is -2.34. The van der Waals surface area contributed by atoms with Crippen molar-refractivity contribution in [3.05, 3.63) is 42.0 Å². The first kappa shape index (κ1) is 19.7. The quantitative estimate of drug-likeness (QED) is 0.347. The Morgan fingerprint density at radius 2 is 1.88 bits per heavy atom. The normalized spacial score (nSPS) is 11.3. The molecule has 0 aromatic heterocycles. The van der Waals surface area contributed by atoms with Crippen molar-refractivity contribution in [1.82, 2.24) is 10.4 Å². The number of hydrogen-bond donors (Lipinski definition) is 2. The van der Waals surface area contributed by atoms with Gasteiger partial charge >= 0.3 is 6.09 Å². The van der Waals surface area contributed by atoms with Gasteiger partial charge in [0.05, 0.1) is 0 Å². The zero-order valence-electron chi connectivity index (χ0n) is 14.5. The molecule has 1 aromatic carbocycles. The maximum absolute atomic E-state index is 11.7. The van der Waals surface area contributed by atoms with E-state index < -0.39 is 17.6 Å². The number of rotatable bonds is 7. The first-order valence-electron chi connectivity index (χ1n) is 7.98. The zero-order chi connectivity index (χ0) is 18.0. The Balaban J connectivity index is 2.19. The summed E-state index contributed by atoms with van der Waals surface area (Å²) >= 11 is 0. The molecule has 24 heavy (non-hydrogen) atoms.